The molecule has 1 aromatic carbocycles. The van der Waals surface area contributed by atoms with Gasteiger partial charge in [-0.2, -0.15) is 0 Å². The molecular weight excluding hydrogens is 300 g/mol. The molecule has 0 aliphatic rings. The Balaban J connectivity index is 1.87. The summed E-state index contributed by atoms with van der Waals surface area (Å²) in [5.41, 5.74) is 0.859. The van der Waals surface area contributed by atoms with Crippen LogP contribution in [-0.4, -0.2) is 27.2 Å². The minimum absolute atomic E-state index is 0.124. The number of hydrogen-bond acceptors (Lipinski definition) is 5. The fraction of sp³-hybridized carbons (Fsp3) is 0.375. The average Bonchev–Trinajstić information content (AvgIpc) is 2.93. The van der Waals surface area contributed by atoms with Crippen LogP contribution in [0.4, 0.5) is 5.82 Å². The Morgan fingerprint density at radius 1 is 1.41 bits per heavy atom. The molecule has 6 heteroatoms. The van der Waals surface area contributed by atoms with Crippen LogP contribution in [-0.2, 0) is 4.79 Å². The minimum Gasteiger partial charge on any atom is -0.388 e. The van der Waals surface area contributed by atoms with Crippen LogP contribution in [0.1, 0.15) is 30.8 Å². The maximum absolute atomic E-state index is 12.2. The van der Waals surface area contributed by atoms with Crippen LogP contribution in [0.5, 0.6) is 0 Å². The van der Waals surface area contributed by atoms with E-state index < -0.39 is 6.10 Å². The number of amides is 1. The monoisotopic (exact) mass is 320 g/mol. The summed E-state index contributed by atoms with van der Waals surface area (Å²) in [6.45, 7) is 3.71. The van der Waals surface area contributed by atoms with Crippen LogP contribution in [0.3, 0.4) is 0 Å². The van der Waals surface area contributed by atoms with Gasteiger partial charge in [0, 0.05) is 11.8 Å². The standard InChI is InChI=1S/C16H20N2O3S/c1-3-14(16(20)17-15-9-11(2)21-18-15)22-10-13(19)12-7-5-4-6-8-12/h4-9,13-14,19H,3,10H2,1-2H3,(H,17,18,20)/t13-,14+/m0/s1. The Hall–Kier alpha value is -1.79. The smallest absolute Gasteiger partial charge is 0.238 e. The van der Waals surface area contributed by atoms with Crippen molar-refractivity contribution in [3.05, 3.63) is 47.7 Å². The Morgan fingerprint density at radius 2 is 2.14 bits per heavy atom. The molecule has 5 nitrogen and oxygen atoms in total. The lowest BCUT2D eigenvalue weighted by Gasteiger charge is -2.16. The molecule has 1 amide bonds. The number of anilines is 1. The Labute approximate surface area is 134 Å². The van der Waals surface area contributed by atoms with Crippen molar-refractivity contribution < 1.29 is 14.4 Å². The summed E-state index contributed by atoms with van der Waals surface area (Å²) >= 11 is 1.44. The molecule has 2 aromatic rings. The van der Waals surface area contributed by atoms with Gasteiger partial charge in [-0.15, -0.1) is 11.8 Å². The molecular formula is C16H20N2O3S. The van der Waals surface area contributed by atoms with Crippen molar-refractivity contribution in [3.8, 4) is 0 Å². The molecule has 118 valence electrons. The number of carbonyl (C=O) groups excluding carboxylic acids is 1. The van der Waals surface area contributed by atoms with Gasteiger partial charge in [0.1, 0.15) is 5.76 Å². The summed E-state index contributed by atoms with van der Waals surface area (Å²) in [6.07, 6.45) is 0.0943. The van der Waals surface area contributed by atoms with Crippen molar-refractivity contribution in [2.45, 2.75) is 31.6 Å². The van der Waals surface area contributed by atoms with Gasteiger partial charge in [0.25, 0.3) is 0 Å². The third kappa shape index (κ3) is 4.61. The number of rotatable bonds is 7. The predicted octanol–water partition coefficient (Wildman–Crippen LogP) is 3.17. The van der Waals surface area contributed by atoms with Gasteiger partial charge >= 0.3 is 0 Å². The Bertz CT molecular complexity index is 600. The third-order valence-corrected chi connectivity index (χ3v) is 4.64. The highest BCUT2D eigenvalue weighted by Gasteiger charge is 2.20. The van der Waals surface area contributed by atoms with Crippen LogP contribution >= 0.6 is 11.8 Å². The number of aliphatic hydroxyl groups excluding tert-OH is 1. The third-order valence-electron chi connectivity index (χ3n) is 3.18. The molecule has 1 aromatic heterocycles. The van der Waals surface area contributed by atoms with Crippen molar-refractivity contribution in [1.82, 2.24) is 5.16 Å². The molecule has 0 radical (unpaired) electrons. The van der Waals surface area contributed by atoms with Gasteiger partial charge in [-0.05, 0) is 18.9 Å². The number of nitrogens with zero attached hydrogens (tertiary/aromatic N) is 1. The highest BCUT2D eigenvalue weighted by atomic mass is 32.2. The van der Waals surface area contributed by atoms with Crippen LogP contribution in [0.2, 0.25) is 0 Å². The van der Waals surface area contributed by atoms with Crippen LogP contribution < -0.4 is 5.32 Å². The highest BCUT2D eigenvalue weighted by Crippen LogP contribution is 2.24. The summed E-state index contributed by atoms with van der Waals surface area (Å²) in [5.74, 6) is 1.41. The second-order valence-corrected chi connectivity index (χ2v) is 6.20. The molecule has 0 unspecified atom stereocenters. The number of hydrogen-bond donors (Lipinski definition) is 2. The molecule has 0 spiro atoms. The Kier molecular flexibility index (Phi) is 6.03. The van der Waals surface area contributed by atoms with E-state index in [0.29, 0.717) is 23.8 Å². The van der Waals surface area contributed by atoms with Gasteiger partial charge in [-0.3, -0.25) is 4.79 Å². The number of aliphatic hydroxyl groups is 1. The second-order valence-electron chi connectivity index (χ2n) is 4.97. The van der Waals surface area contributed by atoms with Gasteiger partial charge in [-0.25, -0.2) is 0 Å². The number of benzene rings is 1. The van der Waals surface area contributed by atoms with Gasteiger partial charge in [0.15, 0.2) is 5.82 Å². The van der Waals surface area contributed by atoms with Crippen LogP contribution in [0.15, 0.2) is 40.9 Å². The SMILES string of the molecule is CC[C@@H](SC[C@H](O)c1ccccc1)C(=O)Nc1cc(C)on1. The molecule has 22 heavy (non-hydrogen) atoms. The molecule has 0 saturated carbocycles. The molecule has 1 heterocycles. The lowest BCUT2D eigenvalue weighted by Crippen LogP contribution is -2.25. The molecule has 0 bridgehead atoms. The second kappa shape index (κ2) is 8.00. The molecule has 0 saturated heterocycles. The fourth-order valence-corrected chi connectivity index (χ4v) is 3.04. The number of carbonyl (C=O) groups is 1. The zero-order chi connectivity index (χ0) is 15.9. The fourth-order valence-electron chi connectivity index (χ4n) is 1.99. The van der Waals surface area contributed by atoms with E-state index in [-0.39, 0.29) is 11.2 Å². The molecule has 0 fully saturated rings. The van der Waals surface area contributed by atoms with Crippen LogP contribution in [0, 0.1) is 6.92 Å². The molecule has 0 aliphatic carbocycles. The van der Waals surface area contributed by atoms with Crippen LogP contribution in [0.25, 0.3) is 0 Å². The Morgan fingerprint density at radius 3 is 2.73 bits per heavy atom. The molecule has 2 N–H and O–H groups in total. The van der Waals surface area contributed by atoms with E-state index in [9.17, 15) is 9.90 Å². The summed E-state index contributed by atoms with van der Waals surface area (Å²) in [4.78, 5) is 12.2. The maximum atomic E-state index is 12.2. The van der Waals surface area contributed by atoms with Crippen molar-refractivity contribution in [2.75, 3.05) is 11.1 Å². The maximum Gasteiger partial charge on any atom is 0.238 e. The molecule has 2 atom stereocenters. The highest BCUT2D eigenvalue weighted by molar-refractivity contribution is 8.00. The predicted molar refractivity (Wildman–Crippen MR) is 87.8 cm³/mol. The largest absolute Gasteiger partial charge is 0.388 e. The number of nitrogens with one attached hydrogen (secondary N) is 1. The first kappa shape index (κ1) is 16.6. The minimum atomic E-state index is -0.581. The summed E-state index contributed by atoms with van der Waals surface area (Å²) in [7, 11) is 0. The molecule has 0 aliphatic heterocycles. The number of thioether (sulfide) groups is 1. The van der Waals surface area contributed by atoms with E-state index in [2.05, 4.69) is 10.5 Å². The van der Waals surface area contributed by atoms with Crippen molar-refractivity contribution in [1.29, 1.82) is 0 Å². The van der Waals surface area contributed by atoms with E-state index in [1.165, 1.54) is 11.8 Å². The quantitative estimate of drug-likeness (QED) is 0.819. The van der Waals surface area contributed by atoms with Gasteiger partial charge in [-0.1, -0.05) is 42.4 Å². The lowest BCUT2D eigenvalue weighted by atomic mass is 10.1. The number of aromatic nitrogens is 1. The van der Waals surface area contributed by atoms with E-state index in [0.717, 1.165) is 5.56 Å². The molecule has 2 rings (SSSR count). The summed E-state index contributed by atoms with van der Waals surface area (Å²) < 4.78 is 4.92. The summed E-state index contributed by atoms with van der Waals surface area (Å²) in [5, 5.41) is 16.4. The first-order valence-corrected chi connectivity index (χ1v) is 8.23. The van der Waals surface area contributed by atoms with Gasteiger partial charge in [0.05, 0.1) is 11.4 Å². The van der Waals surface area contributed by atoms with Gasteiger partial charge < -0.3 is 14.9 Å². The first-order valence-electron chi connectivity index (χ1n) is 7.19. The topological polar surface area (TPSA) is 75.4 Å². The normalized spacial score (nSPS) is 13.6. The van der Waals surface area contributed by atoms with Gasteiger partial charge in [0.2, 0.25) is 5.91 Å². The van der Waals surface area contributed by atoms with E-state index in [1.54, 1.807) is 13.0 Å². The van der Waals surface area contributed by atoms with E-state index in [4.69, 9.17) is 4.52 Å². The van der Waals surface area contributed by atoms with E-state index >= 15 is 0 Å². The average molecular weight is 320 g/mol. The zero-order valence-corrected chi connectivity index (χ0v) is 13.5. The first-order chi connectivity index (χ1) is 10.6. The van der Waals surface area contributed by atoms with E-state index in [1.807, 2.05) is 37.3 Å². The summed E-state index contributed by atoms with van der Waals surface area (Å²) in [6, 6.07) is 11.1. The lowest BCUT2D eigenvalue weighted by molar-refractivity contribution is -0.115. The zero-order valence-electron chi connectivity index (χ0n) is 12.7. The van der Waals surface area contributed by atoms with Crippen molar-refractivity contribution >= 4 is 23.5 Å². The van der Waals surface area contributed by atoms with Crippen molar-refractivity contribution in [2.24, 2.45) is 0 Å². The number of aryl methyl sites for hydroxylation is 1. The van der Waals surface area contributed by atoms with Crippen molar-refractivity contribution in [3.63, 3.8) is 0 Å².